The lowest BCUT2D eigenvalue weighted by Crippen LogP contribution is -2.45. The van der Waals surface area contributed by atoms with Crippen molar-refractivity contribution >= 4 is 11.7 Å². The summed E-state index contributed by atoms with van der Waals surface area (Å²) in [6.07, 6.45) is 0.659. The first-order valence-electron chi connectivity index (χ1n) is 6.30. The Morgan fingerprint density at radius 2 is 2.16 bits per heavy atom. The number of aliphatic carboxylic acids is 1. The standard InChI is InChI=1S/C14H18FNO3/c1-19-12-4-2-3-11(9-12)16-7-5-14(10-15,6-8-16)13(17)18/h2-4,9H,5-8,10H2,1H3,(H,17,18). The van der Waals surface area contributed by atoms with Gasteiger partial charge >= 0.3 is 5.97 Å². The SMILES string of the molecule is COc1cccc(N2CCC(CF)(C(=O)O)CC2)c1. The topological polar surface area (TPSA) is 49.8 Å². The molecule has 19 heavy (non-hydrogen) atoms. The van der Waals surface area contributed by atoms with E-state index in [-0.39, 0.29) is 0 Å². The van der Waals surface area contributed by atoms with Crippen LogP contribution in [0, 0.1) is 5.41 Å². The highest BCUT2D eigenvalue weighted by Gasteiger charge is 2.41. The molecule has 0 bridgehead atoms. The first-order valence-corrected chi connectivity index (χ1v) is 6.30. The van der Waals surface area contributed by atoms with Gasteiger partial charge in [0.15, 0.2) is 0 Å². The van der Waals surface area contributed by atoms with Crippen LogP contribution in [0.4, 0.5) is 10.1 Å². The quantitative estimate of drug-likeness (QED) is 0.909. The van der Waals surface area contributed by atoms with E-state index in [9.17, 15) is 9.18 Å². The molecule has 1 N–H and O–H groups in total. The summed E-state index contributed by atoms with van der Waals surface area (Å²) in [5.74, 6) is -0.265. The molecule has 1 aromatic rings. The molecule has 1 aromatic carbocycles. The summed E-state index contributed by atoms with van der Waals surface area (Å²) in [5, 5.41) is 9.15. The Morgan fingerprint density at radius 3 is 2.68 bits per heavy atom. The molecule has 2 rings (SSSR count). The fourth-order valence-electron chi connectivity index (χ4n) is 2.40. The number of hydrogen-bond donors (Lipinski definition) is 1. The number of carboxylic acids is 1. The Labute approximate surface area is 111 Å². The third kappa shape index (κ3) is 2.64. The lowest BCUT2D eigenvalue weighted by Gasteiger charge is -2.38. The van der Waals surface area contributed by atoms with E-state index in [4.69, 9.17) is 9.84 Å². The molecule has 5 heteroatoms. The number of halogens is 1. The molecule has 0 unspecified atom stereocenters. The van der Waals surface area contributed by atoms with Gasteiger partial charge in [-0.15, -0.1) is 0 Å². The van der Waals surface area contributed by atoms with Crippen molar-refractivity contribution in [2.24, 2.45) is 5.41 Å². The van der Waals surface area contributed by atoms with Crippen LogP contribution >= 0.6 is 0 Å². The van der Waals surface area contributed by atoms with Crippen LogP contribution in [0.5, 0.6) is 5.75 Å². The zero-order chi connectivity index (χ0) is 13.9. The van der Waals surface area contributed by atoms with Gasteiger partial charge in [-0.25, -0.2) is 4.39 Å². The summed E-state index contributed by atoms with van der Waals surface area (Å²) < 4.78 is 18.2. The number of nitrogens with zero attached hydrogens (tertiary/aromatic N) is 1. The van der Waals surface area contributed by atoms with Gasteiger partial charge in [0.2, 0.25) is 0 Å². The normalized spacial score (nSPS) is 18.1. The fraction of sp³-hybridized carbons (Fsp3) is 0.500. The molecule has 1 heterocycles. The van der Waals surface area contributed by atoms with Gasteiger partial charge in [-0.05, 0) is 25.0 Å². The zero-order valence-corrected chi connectivity index (χ0v) is 10.9. The molecule has 1 aliphatic rings. The molecule has 0 spiro atoms. The number of rotatable bonds is 4. The van der Waals surface area contributed by atoms with Crippen molar-refractivity contribution in [3.05, 3.63) is 24.3 Å². The molecule has 0 aliphatic carbocycles. The number of alkyl halides is 1. The van der Waals surface area contributed by atoms with Gasteiger partial charge in [0.25, 0.3) is 0 Å². The molecular formula is C14H18FNO3. The van der Waals surface area contributed by atoms with Gasteiger partial charge < -0.3 is 14.7 Å². The van der Waals surface area contributed by atoms with Gasteiger partial charge in [-0.3, -0.25) is 4.79 Å². The minimum Gasteiger partial charge on any atom is -0.497 e. The molecule has 1 aliphatic heterocycles. The predicted octanol–water partition coefficient (Wildman–Crippen LogP) is 2.34. The Balaban J connectivity index is 2.09. The highest BCUT2D eigenvalue weighted by atomic mass is 19.1. The van der Waals surface area contributed by atoms with Gasteiger partial charge in [-0.2, -0.15) is 0 Å². The molecule has 1 saturated heterocycles. The van der Waals surface area contributed by atoms with Crippen molar-refractivity contribution < 1.29 is 19.0 Å². The summed E-state index contributed by atoms with van der Waals surface area (Å²) in [7, 11) is 1.61. The molecule has 0 amide bonds. The van der Waals surface area contributed by atoms with Crippen LogP contribution < -0.4 is 9.64 Å². The average molecular weight is 267 g/mol. The fourth-order valence-corrected chi connectivity index (χ4v) is 2.40. The lowest BCUT2D eigenvalue weighted by molar-refractivity contribution is -0.151. The van der Waals surface area contributed by atoms with Crippen LogP contribution in [0.25, 0.3) is 0 Å². The van der Waals surface area contributed by atoms with Crippen LogP contribution in [0.3, 0.4) is 0 Å². The average Bonchev–Trinajstić information content (AvgIpc) is 2.47. The number of methoxy groups -OCH3 is 1. The van der Waals surface area contributed by atoms with E-state index in [1.165, 1.54) is 0 Å². The highest BCUT2D eigenvalue weighted by Crippen LogP contribution is 2.35. The van der Waals surface area contributed by atoms with Crippen molar-refractivity contribution in [2.45, 2.75) is 12.8 Å². The van der Waals surface area contributed by atoms with E-state index < -0.39 is 18.1 Å². The Morgan fingerprint density at radius 1 is 1.47 bits per heavy atom. The van der Waals surface area contributed by atoms with Crippen molar-refractivity contribution in [1.82, 2.24) is 0 Å². The van der Waals surface area contributed by atoms with Crippen LogP contribution in [-0.2, 0) is 4.79 Å². The Bertz CT molecular complexity index is 456. The van der Waals surface area contributed by atoms with Crippen molar-refractivity contribution in [2.75, 3.05) is 31.8 Å². The second kappa shape index (κ2) is 5.47. The summed E-state index contributed by atoms with van der Waals surface area (Å²) in [5.41, 5.74) is -0.216. The second-order valence-corrected chi connectivity index (χ2v) is 4.91. The molecule has 0 radical (unpaired) electrons. The number of carboxylic acid groups (broad SMARTS) is 1. The van der Waals surface area contributed by atoms with Crippen LogP contribution in [-0.4, -0.2) is 37.9 Å². The highest BCUT2D eigenvalue weighted by molar-refractivity contribution is 5.75. The summed E-state index contributed by atoms with van der Waals surface area (Å²) in [6.45, 7) is 0.293. The van der Waals surface area contributed by atoms with Crippen LogP contribution in [0.2, 0.25) is 0 Å². The minimum absolute atomic E-state index is 0.329. The Kier molecular flexibility index (Phi) is 3.93. The maximum absolute atomic E-state index is 13.0. The third-order valence-corrected chi connectivity index (χ3v) is 3.85. The van der Waals surface area contributed by atoms with Gasteiger partial charge in [-0.1, -0.05) is 6.07 Å². The third-order valence-electron chi connectivity index (χ3n) is 3.85. The predicted molar refractivity (Wildman–Crippen MR) is 70.5 cm³/mol. The van der Waals surface area contributed by atoms with Crippen LogP contribution in [0.1, 0.15) is 12.8 Å². The van der Waals surface area contributed by atoms with E-state index in [1.54, 1.807) is 7.11 Å². The molecule has 104 valence electrons. The van der Waals surface area contributed by atoms with Gasteiger partial charge in [0, 0.05) is 24.8 Å². The largest absolute Gasteiger partial charge is 0.497 e. The van der Waals surface area contributed by atoms with Gasteiger partial charge in [0.1, 0.15) is 12.4 Å². The monoisotopic (exact) mass is 267 g/mol. The lowest BCUT2D eigenvalue weighted by atomic mass is 9.79. The minimum atomic E-state index is -1.20. The summed E-state index contributed by atoms with van der Waals surface area (Å²) in [6, 6.07) is 7.61. The molecule has 4 nitrogen and oxygen atoms in total. The number of piperidine rings is 1. The van der Waals surface area contributed by atoms with E-state index in [0.717, 1.165) is 11.4 Å². The molecule has 1 fully saturated rings. The zero-order valence-electron chi connectivity index (χ0n) is 10.9. The number of benzene rings is 1. The number of hydrogen-bond acceptors (Lipinski definition) is 3. The van der Waals surface area contributed by atoms with Crippen molar-refractivity contribution in [1.29, 1.82) is 0 Å². The maximum atomic E-state index is 13.0. The Hall–Kier alpha value is -1.78. The van der Waals surface area contributed by atoms with Crippen molar-refractivity contribution in [3.8, 4) is 5.75 Å². The van der Waals surface area contributed by atoms with Crippen molar-refractivity contribution in [3.63, 3.8) is 0 Å². The number of ether oxygens (including phenoxy) is 1. The van der Waals surface area contributed by atoms with Gasteiger partial charge in [0.05, 0.1) is 12.5 Å². The first kappa shape index (κ1) is 13.6. The first-order chi connectivity index (χ1) is 9.11. The van der Waals surface area contributed by atoms with E-state index in [2.05, 4.69) is 4.90 Å². The van der Waals surface area contributed by atoms with E-state index in [1.807, 2.05) is 24.3 Å². The van der Waals surface area contributed by atoms with E-state index >= 15 is 0 Å². The second-order valence-electron chi connectivity index (χ2n) is 4.91. The summed E-state index contributed by atoms with van der Waals surface area (Å²) in [4.78, 5) is 13.2. The van der Waals surface area contributed by atoms with E-state index in [0.29, 0.717) is 25.9 Å². The molecule has 0 atom stereocenters. The number of anilines is 1. The van der Waals surface area contributed by atoms with Crippen LogP contribution in [0.15, 0.2) is 24.3 Å². The molecular weight excluding hydrogens is 249 g/mol. The summed E-state index contributed by atoms with van der Waals surface area (Å²) >= 11 is 0. The number of carbonyl (C=O) groups is 1. The smallest absolute Gasteiger partial charge is 0.312 e. The molecule has 0 saturated carbocycles. The molecule has 0 aromatic heterocycles. The maximum Gasteiger partial charge on any atom is 0.312 e.